The Morgan fingerprint density at radius 3 is 0.758 bits per heavy atom. The Labute approximate surface area is 565 Å². The summed E-state index contributed by atoms with van der Waals surface area (Å²) < 4.78 is 5.06. The molecule has 15 rings (SSSR count). The van der Waals surface area contributed by atoms with Gasteiger partial charge in [-0.15, -0.1) is 0 Å². The summed E-state index contributed by atoms with van der Waals surface area (Å²) in [5.41, 5.74) is 30.7. The normalized spacial score (nSPS) is 13.7. The zero-order chi connectivity index (χ0) is 66.8. The number of fused-ring (bicyclic) bond motifs is 10. The highest BCUT2D eigenvalue weighted by atomic mass is 15.2. The van der Waals surface area contributed by atoms with Crippen molar-refractivity contribution in [2.24, 2.45) is 0 Å². The van der Waals surface area contributed by atoms with Crippen LogP contribution in [0.5, 0.6) is 0 Å². The minimum Gasteiger partial charge on any atom is -0.311 e. The fourth-order valence-electron chi connectivity index (χ4n) is 15.1. The molecule has 0 spiro atoms. The van der Waals surface area contributed by atoms with Crippen LogP contribution < -0.4 is 26.2 Å². The second-order valence-electron chi connectivity index (χ2n) is 33.6. The van der Waals surface area contributed by atoms with E-state index < -0.39 is 0 Å². The van der Waals surface area contributed by atoms with E-state index in [2.05, 4.69) is 368 Å². The van der Waals surface area contributed by atoms with Crippen LogP contribution in [0.1, 0.15) is 158 Å². The van der Waals surface area contributed by atoms with Gasteiger partial charge < -0.3 is 18.9 Å². The third-order valence-electron chi connectivity index (χ3n) is 20.9. The van der Waals surface area contributed by atoms with Gasteiger partial charge in [0.25, 0.3) is 6.71 Å². The molecule has 11 aromatic carbocycles. The molecule has 0 fully saturated rings. The second-order valence-corrected chi connectivity index (χ2v) is 33.6. The van der Waals surface area contributed by atoms with Crippen LogP contribution in [0, 0.1) is 0 Å². The molecule has 0 radical (unpaired) electrons. The van der Waals surface area contributed by atoms with Gasteiger partial charge in [-0.3, -0.25) is 0 Å². The number of rotatable bonds is 6. The van der Waals surface area contributed by atoms with Crippen molar-refractivity contribution in [2.45, 2.75) is 157 Å². The van der Waals surface area contributed by atoms with Gasteiger partial charge in [0.05, 0.1) is 22.1 Å². The first kappa shape index (κ1) is 61.8. The van der Waals surface area contributed by atoms with Crippen LogP contribution in [0.15, 0.2) is 224 Å². The summed E-state index contributed by atoms with van der Waals surface area (Å²) in [5, 5.41) is 5.13. The van der Waals surface area contributed by atoms with Crippen molar-refractivity contribution in [3.05, 3.63) is 258 Å². The lowest BCUT2D eigenvalue weighted by Crippen LogP contribution is -2.61. The highest BCUT2D eigenvalue weighted by Crippen LogP contribution is 2.48. The van der Waals surface area contributed by atoms with E-state index in [0.717, 1.165) is 22.7 Å². The van der Waals surface area contributed by atoms with Gasteiger partial charge in [0.2, 0.25) is 0 Å². The predicted molar refractivity (Wildman–Crippen MR) is 412 cm³/mol. The largest absolute Gasteiger partial charge is 0.311 e. The number of hydrogen-bond donors (Lipinski definition) is 0. The molecule has 4 nitrogen and oxygen atoms in total. The van der Waals surface area contributed by atoms with E-state index in [1.54, 1.807) is 0 Å². The molecular weight excluding hydrogens is 1150 g/mol. The van der Waals surface area contributed by atoms with Crippen LogP contribution in [0.25, 0.3) is 77.2 Å². The lowest BCUT2D eigenvalue weighted by Gasteiger charge is -2.44. The molecule has 0 N–H and O–H groups in total. The quantitative estimate of drug-likeness (QED) is 0.154. The third kappa shape index (κ3) is 10.5. The molecule has 2 aromatic heterocycles. The van der Waals surface area contributed by atoms with Gasteiger partial charge in [-0.25, -0.2) is 0 Å². The zero-order valence-electron chi connectivity index (χ0n) is 59.2. The number of anilines is 6. The maximum Gasteiger partial charge on any atom is 0.252 e. The summed E-state index contributed by atoms with van der Waals surface area (Å²) in [4.78, 5) is 5.14. The molecule has 95 heavy (non-hydrogen) atoms. The van der Waals surface area contributed by atoms with Crippen molar-refractivity contribution in [3.8, 4) is 33.6 Å². The first-order chi connectivity index (χ1) is 44.9. The fraction of sp³-hybridized carbons (Fsp3) is 0.267. The summed E-state index contributed by atoms with van der Waals surface area (Å²) in [6.07, 6.45) is 0. The number of nitrogens with zero attached hydrogens (tertiary/aromatic N) is 4. The molecular formula is C90H91BN4. The lowest BCUT2D eigenvalue weighted by atomic mass is 9.33. The summed E-state index contributed by atoms with van der Waals surface area (Å²) >= 11 is 0. The average Bonchev–Trinajstić information content (AvgIpc) is 1.03. The Balaban J connectivity index is 0.975. The van der Waals surface area contributed by atoms with Gasteiger partial charge >= 0.3 is 0 Å². The molecule has 0 saturated carbocycles. The molecule has 5 heteroatoms. The van der Waals surface area contributed by atoms with Crippen LogP contribution in [0.2, 0.25) is 0 Å². The van der Waals surface area contributed by atoms with Gasteiger partial charge in [0.15, 0.2) is 0 Å². The van der Waals surface area contributed by atoms with Crippen LogP contribution in [0.3, 0.4) is 0 Å². The molecule has 4 heterocycles. The average molecular weight is 1240 g/mol. The predicted octanol–water partition coefficient (Wildman–Crippen LogP) is 23.1. The van der Waals surface area contributed by atoms with Gasteiger partial charge in [-0.1, -0.05) is 240 Å². The molecule has 0 amide bonds. The van der Waals surface area contributed by atoms with Crippen molar-refractivity contribution in [2.75, 3.05) is 9.80 Å². The maximum absolute atomic E-state index is 2.57. The molecule has 0 saturated heterocycles. The number of hydrogen-bond acceptors (Lipinski definition) is 2. The minimum atomic E-state index is -0.105. The van der Waals surface area contributed by atoms with Crippen molar-refractivity contribution in [1.29, 1.82) is 0 Å². The summed E-state index contributed by atoms with van der Waals surface area (Å²) in [5.74, 6) is 0. The standard InChI is InChI=1S/C90H91BN4/c1-85(2,3)60-30-22-56(23-31-60)58-26-38-66(39-27-58)92-80-20-19-21-81-84(80)91(74-44-42-68(54-82(74)92)94-76-46-34-62(87(7,8)9)50-70(76)71-51-63(88(10,11)12)35-47-77(71)94)75-45-43-69(55-83(75)93(81)67-40-28-59(29-41-67)57-24-32-61(33-25-57)86(4,5)6)95-78-48-36-64(89(13,14)15)52-72(78)73-53-65(90(16,17)18)37-49-79(73)95/h19-55H,1-18H3. The van der Waals surface area contributed by atoms with E-state index in [0.29, 0.717) is 0 Å². The highest BCUT2D eigenvalue weighted by Gasteiger charge is 2.44. The molecule has 0 atom stereocenters. The Morgan fingerprint density at radius 2 is 0.484 bits per heavy atom. The monoisotopic (exact) mass is 1240 g/mol. The molecule has 2 aliphatic heterocycles. The Hall–Kier alpha value is -9.32. The molecule has 13 aromatic rings. The smallest absolute Gasteiger partial charge is 0.252 e. The first-order valence-electron chi connectivity index (χ1n) is 34.5. The Bertz CT molecular complexity index is 4740. The van der Waals surface area contributed by atoms with Crippen molar-refractivity contribution in [3.63, 3.8) is 0 Å². The minimum absolute atomic E-state index is 0.0149. The third-order valence-corrected chi connectivity index (χ3v) is 20.9. The highest BCUT2D eigenvalue weighted by molar-refractivity contribution is 7.00. The van der Waals surface area contributed by atoms with Crippen molar-refractivity contribution < 1.29 is 0 Å². The van der Waals surface area contributed by atoms with Crippen molar-refractivity contribution >= 4 is 101 Å². The van der Waals surface area contributed by atoms with Crippen LogP contribution in [0.4, 0.5) is 34.1 Å². The van der Waals surface area contributed by atoms with Gasteiger partial charge in [0, 0.05) is 67.0 Å². The van der Waals surface area contributed by atoms with E-state index in [1.165, 1.54) is 138 Å². The first-order valence-corrected chi connectivity index (χ1v) is 34.5. The molecule has 0 unspecified atom stereocenters. The van der Waals surface area contributed by atoms with E-state index in [9.17, 15) is 0 Å². The maximum atomic E-state index is 2.57. The van der Waals surface area contributed by atoms with Crippen LogP contribution >= 0.6 is 0 Å². The fourth-order valence-corrected chi connectivity index (χ4v) is 15.1. The van der Waals surface area contributed by atoms with Gasteiger partial charge in [-0.05, 0) is 214 Å². The molecule has 0 aliphatic carbocycles. The Kier molecular flexibility index (Phi) is 14.1. The SMILES string of the molecule is CC(C)(C)c1ccc(-c2ccc(N3c4cc(-n5c6ccc(C(C)(C)C)cc6c6cc(C(C)(C)C)ccc65)ccc4B4c5ccc(-n6c7ccc(C(C)(C)C)cc7c7cc(C(C)(C)C)ccc76)cc5N(c5ccc(-c6ccc(C(C)(C)C)cc6)cc5)c5cccc3c54)cc2)cc1. The molecule has 2 aliphatic rings. The summed E-state index contributed by atoms with van der Waals surface area (Å²) in [6, 6.07) is 87.6. The molecule has 474 valence electrons. The summed E-state index contributed by atoms with van der Waals surface area (Å²) in [6.45, 7) is 41.5. The van der Waals surface area contributed by atoms with E-state index >= 15 is 0 Å². The molecule has 0 bridgehead atoms. The van der Waals surface area contributed by atoms with Gasteiger partial charge in [-0.2, -0.15) is 0 Å². The van der Waals surface area contributed by atoms with Crippen LogP contribution in [-0.2, 0) is 32.5 Å². The zero-order valence-corrected chi connectivity index (χ0v) is 59.2. The number of benzene rings is 11. The van der Waals surface area contributed by atoms with E-state index in [1.807, 2.05) is 0 Å². The van der Waals surface area contributed by atoms with Gasteiger partial charge in [0.1, 0.15) is 0 Å². The second kappa shape index (κ2) is 21.6. The summed E-state index contributed by atoms with van der Waals surface area (Å²) in [7, 11) is 0. The van der Waals surface area contributed by atoms with E-state index in [4.69, 9.17) is 0 Å². The topological polar surface area (TPSA) is 16.3 Å². The van der Waals surface area contributed by atoms with E-state index in [-0.39, 0.29) is 39.2 Å². The van der Waals surface area contributed by atoms with Crippen molar-refractivity contribution in [1.82, 2.24) is 9.13 Å². The lowest BCUT2D eigenvalue weighted by molar-refractivity contribution is 0.590. The Morgan fingerprint density at radius 1 is 0.232 bits per heavy atom. The van der Waals surface area contributed by atoms with Crippen LogP contribution in [-0.4, -0.2) is 15.8 Å². The number of aromatic nitrogens is 2.